The molecule has 1 aliphatic heterocycles. The fraction of sp³-hybridized carbons (Fsp3) is 0.350. The molecule has 2 aromatic heterocycles. The highest BCUT2D eigenvalue weighted by atomic mass is 35.5. The first-order valence-corrected chi connectivity index (χ1v) is 9.99. The van der Waals surface area contributed by atoms with Gasteiger partial charge in [0.05, 0.1) is 47.1 Å². The van der Waals surface area contributed by atoms with E-state index in [1.54, 1.807) is 24.8 Å². The second kappa shape index (κ2) is 8.57. The number of carbonyl (C=O) groups is 1. The number of nitrogens with one attached hydrogen (secondary N) is 1. The maximum absolute atomic E-state index is 13.5. The summed E-state index contributed by atoms with van der Waals surface area (Å²) in [5.74, 6) is 0.830. The first-order chi connectivity index (χ1) is 14.1. The number of aromatic nitrogens is 5. The minimum atomic E-state index is -0.0201. The van der Waals surface area contributed by atoms with Crippen molar-refractivity contribution < 1.29 is 4.79 Å². The van der Waals surface area contributed by atoms with Gasteiger partial charge < -0.3 is 10.2 Å². The molecule has 0 radical (unpaired) electrons. The van der Waals surface area contributed by atoms with Crippen LogP contribution in [0.5, 0.6) is 0 Å². The van der Waals surface area contributed by atoms with E-state index in [0.29, 0.717) is 41.2 Å². The molecule has 0 aliphatic carbocycles. The van der Waals surface area contributed by atoms with E-state index >= 15 is 0 Å². The van der Waals surface area contributed by atoms with Gasteiger partial charge in [-0.25, -0.2) is 9.97 Å². The number of halogens is 1. The van der Waals surface area contributed by atoms with Gasteiger partial charge in [0.15, 0.2) is 0 Å². The van der Waals surface area contributed by atoms with Crippen molar-refractivity contribution in [1.29, 1.82) is 0 Å². The summed E-state index contributed by atoms with van der Waals surface area (Å²) in [5, 5.41) is 12.1. The molecule has 1 aliphatic rings. The Morgan fingerprint density at radius 1 is 1.21 bits per heavy atom. The minimum absolute atomic E-state index is 0.0201. The van der Waals surface area contributed by atoms with Gasteiger partial charge in [0, 0.05) is 13.1 Å². The number of benzene rings is 1. The molecule has 0 spiro atoms. The average molecular weight is 412 g/mol. The first kappa shape index (κ1) is 19.3. The van der Waals surface area contributed by atoms with E-state index in [1.807, 2.05) is 29.2 Å². The predicted molar refractivity (Wildman–Crippen MR) is 110 cm³/mol. The molecule has 4 rings (SSSR count). The van der Waals surface area contributed by atoms with Crippen LogP contribution in [0.4, 0.5) is 5.95 Å². The number of amides is 1. The number of hydrogen-bond donors (Lipinski definition) is 1. The van der Waals surface area contributed by atoms with E-state index in [9.17, 15) is 4.79 Å². The molecule has 0 bridgehead atoms. The van der Waals surface area contributed by atoms with Crippen molar-refractivity contribution in [3.8, 4) is 5.69 Å². The van der Waals surface area contributed by atoms with E-state index in [1.165, 1.54) is 4.80 Å². The van der Waals surface area contributed by atoms with Crippen molar-refractivity contribution in [2.45, 2.75) is 25.8 Å². The molecule has 1 aromatic carbocycles. The molecule has 3 heterocycles. The van der Waals surface area contributed by atoms with Gasteiger partial charge in [0.25, 0.3) is 5.91 Å². The summed E-state index contributed by atoms with van der Waals surface area (Å²) in [7, 11) is 0. The van der Waals surface area contributed by atoms with Crippen molar-refractivity contribution in [1.82, 2.24) is 29.9 Å². The molecule has 8 nitrogen and oxygen atoms in total. The van der Waals surface area contributed by atoms with Gasteiger partial charge in [-0.2, -0.15) is 15.0 Å². The van der Waals surface area contributed by atoms with Crippen molar-refractivity contribution >= 4 is 23.5 Å². The van der Waals surface area contributed by atoms with Crippen LogP contribution in [0.1, 0.15) is 30.1 Å². The number of carbonyl (C=O) groups excluding carboxylic acids is 1. The van der Waals surface area contributed by atoms with E-state index in [2.05, 4.69) is 32.4 Å². The number of likely N-dealkylation sites (tertiary alicyclic amines) is 1. The van der Waals surface area contributed by atoms with Gasteiger partial charge in [-0.3, -0.25) is 4.79 Å². The molecular formula is C20H22ClN7O. The van der Waals surface area contributed by atoms with Crippen LogP contribution >= 0.6 is 11.6 Å². The number of para-hydroxylation sites is 1. The lowest BCUT2D eigenvalue weighted by molar-refractivity contribution is 0.0539. The quantitative estimate of drug-likeness (QED) is 0.694. The Morgan fingerprint density at radius 2 is 1.93 bits per heavy atom. The Kier molecular flexibility index (Phi) is 5.71. The van der Waals surface area contributed by atoms with E-state index < -0.39 is 0 Å². The highest BCUT2D eigenvalue weighted by Gasteiger charge is 2.33. The Morgan fingerprint density at radius 3 is 2.69 bits per heavy atom. The van der Waals surface area contributed by atoms with Crippen molar-refractivity contribution in [3.63, 3.8) is 0 Å². The summed E-state index contributed by atoms with van der Waals surface area (Å²) in [6, 6.07) is 7.45. The monoisotopic (exact) mass is 411 g/mol. The SMILES string of the molecule is C[C@@H]1CCCN(C(=O)c2ccccc2-n2nccn2)[C@@H]1CNc1ncc(Cl)cn1. The van der Waals surface area contributed by atoms with Crippen LogP contribution < -0.4 is 5.32 Å². The summed E-state index contributed by atoms with van der Waals surface area (Å²) in [6.45, 7) is 3.45. The smallest absolute Gasteiger partial charge is 0.256 e. The van der Waals surface area contributed by atoms with Crippen LogP contribution in [-0.2, 0) is 0 Å². The molecule has 150 valence electrons. The summed E-state index contributed by atoms with van der Waals surface area (Å²) >= 11 is 5.86. The second-order valence-electron chi connectivity index (χ2n) is 7.13. The van der Waals surface area contributed by atoms with E-state index in [-0.39, 0.29) is 11.9 Å². The van der Waals surface area contributed by atoms with Gasteiger partial charge in [-0.1, -0.05) is 30.7 Å². The Hall–Kier alpha value is -3.00. The average Bonchev–Trinajstić information content (AvgIpc) is 3.28. The Labute approximate surface area is 173 Å². The molecule has 29 heavy (non-hydrogen) atoms. The molecule has 0 saturated carbocycles. The lowest BCUT2D eigenvalue weighted by atomic mass is 9.90. The lowest BCUT2D eigenvalue weighted by Gasteiger charge is -2.40. The Balaban J connectivity index is 1.57. The van der Waals surface area contributed by atoms with Crippen molar-refractivity contribution in [3.05, 3.63) is 59.6 Å². The van der Waals surface area contributed by atoms with Gasteiger partial charge in [0.1, 0.15) is 0 Å². The number of rotatable bonds is 5. The maximum atomic E-state index is 13.5. The molecular weight excluding hydrogens is 390 g/mol. The molecule has 1 N–H and O–H groups in total. The predicted octanol–water partition coefficient (Wildman–Crippen LogP) is 3.06. The number of piperidine rings is 1. The Bertz CT molecular complexity index is 961. The van der Waals surface area contributed by atoms with Crippen LogP contribution in [0.2, 0.25) is 5.02 Å². The van der Waals surface area contributed by atoms with Gasteiger partial charge >= 0.3 is 0 Å². The van der Waals surface area contributed by atoms with Gasteiger partial charge in [0.2, 0.25) is 5.95 Å². The topological polar surface area (TPSA) is 88.8 Å². The highest BCUT2D eigenvalue weighted by molar-refractivity contribution is 6.30. The zero-order valence-electron chi connectivity index (χ0n) is 16.1. The lowest BCUT2D eigenvalue weighted by Crippen LogP contribution is -2.51. The standard InChI is InChI=1S/C20H22ClN7O/c1-14-5-4-10-27(18(14)13-24-20-22-11-15(21)12-23-20)19(29)16-6-2-3-7-17(16)28-25-8-9-26-28/h2-3,6-9,11-12,14,18H,4-5,10,13H2,1H3,(H,22,23,24)/t14-,18-/m1/s1. The normalized spacial score (nSPS) is 19.2. The van der Waals surface area contributed by atoms with E-state index in [0.717, 1.165) is 12.8 Å². The van der Waals surface area contributed by atoms with Gasteiger partial charge in [-0.15, -0.1) is 0 Å². The van der Waals surface area contributed by atoms with Crippen LogP contribution in [0.15, 0.2) is 49.1 Å². The molecule has 1 fully saturated rings. The zero-order chi connectivity index (χ0) is 20.2. The second-order valence-corrected chi connectivity index (χ2v) is 7.56. The third kappa shape index (κ3) is 4.22. The summed E-state index contributed by atoms with van der Waals surface area (Å²) in [6.07, 6.45) is 8.35. The van der Waals surface area contributed by atoms with Gasteiger partial charge in [-0.05, 0) is 30.9 Å². The fourth-order valence-electron chi connectivity index (χ4n) is 3.74. The van der Waals surface area contributed by atoms with Crippen LogP contribution in [0, 0.1) is 5.92 Å². The van der Waals surface area contributed by atoms with Crippen LogP contribution in [0.3, 0.4) is 0 Å². The third-order valence-electron chi connectivity index (χ3n) is 5.23. The third-order valence-corrected chi connectivity index (χ3v) is 5.43. The van der Waals surface area contributed by atoms with Crippen molar-refractivity contribution in [2.24, 2.45) is 5.92 Å². The molecule has 1 amide bonds. The first-order valence-electron chi connectivity index (χ1n) is 9.61. The minimum Gasteiger partial charge on any atom is -0.352 e. The molecule has 0 unspecified atom stereocenters. The van der Waals surface area contributed by atoms with Crippen molar-refractivity contribution in [2.75, 3.05) is 18.4 Å². The largest absolute Gasteiger partial charge is 0.352 e. The summed E-state index contributed by atoms with van der Waals surface area (Å²) in [5.41, 5.74) is 1.26. The number of nitrogens with zero attached hydrogens (tertiary/aromatic N) is 6. The maximum Gasteiger partial charge on any atom is 0.256 e. The fourth-order valence-corrected chi connectivity index (χ4v) is 3.83. The number of anilines is 1. The molecule has 9 heteroatoms. The zero-order valence-corrected chi connectivity index (χ0v) is 16.8. The molecule has 3 aromatic rings. The van der Waals surface area contributed by atoms with Crippen LogP contribution in [-0.4, -0.2) is 54.9 Å². The van der Waals surface area contributed by atoms with Crippen LogP contribution in [0.25, 0.3) is 5.69 Å². The molecule has 2 atom stereocenters. The summed E-state index contributed by atoms with van der Waals surface area (Å²) in [4.78, 5) is 25.3. The number of hydrogen-bond acceptors (Lipinski definition) is 6. The highest BCUT2D eigenvalue weighted by Crippen LogP contribution is 2.26. The molecule has 1 saturated heterocycles. The van der Waals surface area contributed by atoms with E-state index in [4.69, 9.17) is 11.6 Å². The summed E-state index contributed by atoms with van der Waals surface area (Å²) < 4.78 is 0.